The van der Waals surface area contributed by atoms with Gasteiger partial charge in [0, 0.05) is 5.54 Å². The van der Waals surface area contributed by atoms with Crippen molar-refractivity contribution in [1.82, 2.24) is 5.32 Å². The standard InChI is InChI=1S/C9H15NS/c1-7-5-11-6-8(7)9(2,3)10-4/h5-6,10H,1-4H3. The van der Waals surface area contributed by atoms with Crippen LogP contribution in [0.15, 0.2) is 10.8 Å². The van der Waals surface area contributed by atoms with Crippen molar-refractivity contribution in [3.8, 4) is 0 Å². The van der Waals surface area contributed by atoms with Gasteiger partial charge in [-0.15, -0.1) is 0 Å². The molecule has 1 rings (SSSR count). The monoisotopic (exact) mass is 169 g/mol. The molecule has 0 radical (unpaired) electrons. The lowest BCUT2D eigenvalue weighted by molar-refractivity contribution is 0.444. The predicted molar refractivity (Wildman–Crippen MR) is 51.1 cm³/mol. The Morgan fingerprint density at radius 1 is 1.36 bits per heavy atom. The van der Waals surface area contributed by atoms with Gasteiger partial charge in [-0.1, -0.05) is 0 Å². The molecule has 0 aliphatic carbocycles. The lowest BCUT2D eigenvalue weighted by Gasteiger charge is -2.24. The first-order valence-corrected chi connectivity index (χ1v) is 4.74. The van der Waals surface area contributed by atoms with Crippen molar-refractivity contribution in [2.45, 2.75) is 26.3 Å². The van der Waals surface area contributed by atoms with Crippen molar-refractivity contribution >= 4 is 11.3 Å². The Kier molecular flexibility index (Phi) is 2.35. The highest BCUT2D eigenvalue weighted by Crippen LogP contribution is 2.25. The number of rotatable bonds is 2. The maximum Gasteiger partial charge on any atom is 0.0385 e. The highest BCUT2D eigenvalue weighted by atomic mass is 32.1. The van der Waals surface area contributed by atoms with Crippen LogP contribution in [0.1, 0.15) is 25.0 Å². The lowest BCUT2D eigenvalue weighted by atomic mass is 9.94. The Morgan fingerprint density at radius 3 is 2.36 bits per heavy atom. The number of hydrogen-bond acceptors (Lipinski definition) is 2. The van der Waals surface area contributed by atoms with Gasteiger partial charge in [0.1, 0.15) is 0 Å². The minimum absolute atomic E-state index is 0.115. The average Bonchev–Trinajstić information content (AvgIpc) is 2.36. The van der Waals surface area contributed by atoms with Crippen LogP contribution in [0.4, 0.5) is 0 Å². The minimum Gasteiger partial charge on any atom is -0.311 e. The fourth-order valence-corrected chi connectivity index (χ4v) is 2.15. The number of aryl methyl sites for hydroxylation is 1. The molecule has 1 aromatic heterocycles. The van der Waals surface area contributed by atoms with Crippen LogP contribution in [0, 0.1) is 6.92 Å². The smallest absolute Gasteiger partial charge is 0.0385 e. The van der Waals surface area contributed by atoms with Crippen LogP contribution in [0.25, 0.3) is 0 Å². The second-order valence-corrected chi connectivity index (χ2v) is 4.09. The molecule has 1 heterocycles. The molecule has 2 heteroatoms. The zero-order valence-corrected chi connectivity index (χ0v) is 8.38. The molecule has 11 heavy (non-hydrogen) atoms. The first kappa shape index (κ1) is 8.75. The highest BCUT2D eigenvalue weighted by molar-refractivity contribution is 7.08. The summed E-state index contributed by atoms with van der Waals surface area (Å²) in [6.07, 6.45) is 0. The van der Waals surface area contributed by atoms with Crippen molar-refractivity contribution in [3.63, 3.8) is 0 Å². The van der Waals surface area contributed by atoms with E-state index in [1.807, 2.05) is 7.05 Å². The van der Waals surface area contributed by atoms with Gasteiger partial charge in [-0.25, -0.2) is 0 Å². The molecule has 1 nitrogen and oxygen atoms in total. The van der Waals surface area contributed by atoms with E-state index in [2.05, 4.69) is 36.8 Å². The minimum atomic E-state index is 0.115. The normalized spacial score (nSPS) is 12.0. The summed E-state index contributed by atoms with van der Waals surface area (Å²) in [4.78, 5) is 0. The third-order valence-electron chi connectivity index (χ3n) is 2.15. The maximum atomic E-state index is 3.29. The number of hydrogen-bond donors (Lipinski definition) is 1. The van der Waals surface area contributed by atoms with Crippen molar-refractivity contribution in [1.29, 1.82) is 0 Å². The molecule has 0 spiro atoms. The Balaban J connectivity index is 3.00. The molecule has 0 unspecified atom stereocenters. The second-order valence-electron chi connectivity index (χ2n) is 3.34. The summed E-state index contributed by atoms with van der Waals surface area (Å²) in [5, 5.41) is 7.69. The molecular weight excluding hydrogens is 154 g/mol. The molecule has 0 amide bonds. The number of thiophene rings is 1. The molecule has 0 saturated carbocycles. The summed E-state index contributed by atoms with van der Waals surface area (Å²) in [5.74, 6) is 0. The van der Waals surface area contributed by atoms with Gasteiger partial charge in [-0.05, 0) is 49.7 Å². The maximum absolute atomic E-state index is 3.29. The zero-order chi connectivity index (χ0) is 8.48. The topological polar surface area (TPSA) is 12.0 Å². The highest BCUT2D eigenvalue weighted by Gasteiger charge is 2.19. The van der Waals surface area contributed by atoms with E-state index in [1.165, 1.54) is 11.1 Å². The number of nitrogens with one attached hydrogen (secondary N) is 1. The van der Waals surface area contributed by atoms with Crippen LogP contribution in [-0.2, 0) is 5.54 Å². The molecule has 0 fully saturated rings. The van der Waals surface area contributed by atoms with Crippen LogP contribution < -0.4 is 5.32 Å². The van der Waals surface area contributed by atoms with E-state index in [9.17, 15) is 0 Å². The van der Waals surface area contributed by atoms with Gasteiger partial charge in [0.2, 0.25) is 0 Å². The quantitative estimate of drug-likeness (QED) is 0.717. The summed E-state index contributed by atoms with van der Waals surface area (Å²) in [5.41, 5.74) is 2.91. The molecule has 0 saturated heterocycles. The molecule has 0 aromatic carbocycles. The molecule has 0 atom stereocenters. The lowest BCUT2D eigenvalue weighted by Crippen LogP contribution is -2.33. The van der Waals surface area contributed by atoms with E-state index in [1.54, 1.807) is 11.3 Å². The van der Waals surface area contributed by atoms with E-state index in [0.29, 0.717) is 0 Å². The van der Waals surface area contributed by atoms with E-state index in [-0.39, 0.29) is 5.54 Å². The van der Waals surface area contributed by atoms with Crippen LogP contribution in [-0.4, -0.2) is 7.05 Å². The Hall–Kier alpha value is -0.340. The van der Waals surface area contributed by atoms with Gasteiger partial charge in [0.25, 0.3) is 0 Å². The van der Waals surface area contributed by atoms with E-state index < -0.39 is 0 Å². The van der Waals surface area contributed by atoms with Crippen LogP contribution in [0.2, 0.25) is 0 Å². The Bertz CT molecular complexity index is 237. The molecule has 0 aliphatic rings. The third kappa shape index (κ3) is 1.63. The third-order valence-corrected chi connectivity index (χ3v) is 3.02. The van der Waals surface area contributed by atoms with E-state index in [0.717, 1.165) is 0 Å². The van der Waals surface area contributed by atoms with Gasteiger partial charge in [0.05, 0.1) is 0 Å². The zero-order valence-electron chi connectivity index (χ0n) is 7.56. The van der Waals surface area contributed by atoms with Gasteiger partial charge in [-0.3, -0.25) is 0 Å². The van der Waals surface area contributed by atoms with Gasteiger partial charge in [-0.2, -0.15) is 11.3 Å². The average molecular weight is 169 g/mol. The van der Waals surface area contributed by atoms with Gasteiger partial charge in [0.15, 0.2) is 0 Å². The van der Waals surface area contributed by atoms with Crippen molar-refractivity contribution < 1.29 is 0 Å². The first-order chi connectivity index (χ1) is 5.08. The summed E-state index contributed by atoms with van der Waals surface area (Å²) >= 11 is 1.77. The fourth-order valence-electron chi connectivity index (χ4n) is 1.14. The molecular formula is C9H15NS. The van der Waals surface area contributed by atoms with Crippen LogP contribution >= 0.6 is 11.3 Å². The summed E-state index contributed by atoms with van der Waals surface area (Å²) in [7, 11) is 2.00. The molecule has 1 N–H and O–H groups in total. The summed E-state index contributed by atoms with van der Waals surface area (Å²) < 4.78 is 0. The predicted octanol–water partition coefficient (Wildman–Crippen LogP) is 2.51. The van der Waals surface area contributed by atoms with Gasteiger partial charge < -0.3 is 5.32 Å². The van der Waals surface area contributed by atoms with E-state index in [4.69, 9.17) is 0 Å². The molecule has 1 aromatic rings. The largest absolute Gasteiger partial charge is 0.311 e. The van der Waals surface area contributed by atoms with E-state index >= 15 is 0 Å². The molecule has 0 aliphatic heterocycles. The fraction of sp³-hybridized carbons (Fsp3) is 0.556. The van der Waals surface area contributed by atoms with Crippen molar-refractivity contribution in [2.24, 2.45) is 0 Å². The molecule has 0 bridgehead atoms. The Morgan fingerprint density at radius 2 is 2.00 bits per heavy atom. The first-order valence-electron chi connectivity index (χ1n) is 3.80. The van der Waals surface area contributed by atoms with Crippen molar-refractivity contribution in [2.75, 3.05) is 7.05 Å². The van der Waals surface area contributed by atoms with Crippen molar-refractivity contribution in [3.05, 3.63) is 21.9 Å². The summed E-state index contributed by atoms with van der Waals surface area (Å²) in [6.45, 7) is 6.55. The van der Waals surface area contributed by atoms with Crippen LogP contribution in [0.3, 0.4) is 0 Å². The van der Waals surface area contributed by atoms with Gasteiger partial charge >= 0.3 is 0 Å². The van der Waals surface area contributed by atoms with Crippen LogP contribution in [0.5, 0.6) is 0 Å². The second kappa shape index (κ2) is 2.95. The summed E-state index contributed by atoms with van der Waals surface area (Å²) in [6, 6.07) is 0. The SMILES string of the molecule is CNC(C)(C)c1cscc1C. The Labute approximate surface area is 72.4 Å². The molecule has 62 valence electrons.